The van der Waals surface area contributed by atoms with Crippen LogP contribution in [0.25, 0.3) is 0 Å². The molecule has 0 unspecified atom stereocenters. The zero-order valence-corrected chi connectivity index (χ0v) is 14.4. The molecule has 126 valence electrons. The number of nitro groups is 1. The van der Waals surface area contributed by atoms with Gasteiger partial charge in [0.25, 0.3) is 5.69 Å². The Hall–Kier alpha value is -2.11. The monoisotopic (exact) mass is 346 g/mol. The predicted octanol–water partition coefficient (Wildman–Crippen LogP) is 2.46. The molecule has 0 spiro atoms. The summed E-state index contributed by atoms with van der Waals surface area (Å²) in [4.78, 5) is 14.2. The molecule has 2 aromatic rings. The maximum atomic E-state index is 10.8. The number of nitrogens with zero attached hydrogens (tertiary/aromatic N) is 2. The molecule has 1 aliphatic heterocycles. The number of non-ortho nitro benzene ring substituents is 1. The standard InChI is InChI=1S/C18H20ClN3O2/c1-14-3-2-4-15(11-14)13-20-7-9-21(10-8-20)18-6-5-16(22(23)24)12-17(18)19/h2-6,11-12H,7-10,13H2,1H3/p+1. The van der Waals surface area contributed by atoms with Crippen molar-refractivity contribution in [1.82, 2.24) is 0 Å². The highest BCUT2D eigenvalue weighted by molar-refractivity contribution is 6.33. The molecule has 1 saturated heterocycles. The number of rotatable bonds is 4. The van der Waals surface area contributed by atoms with Crippen LogP contribution in [0.5, 0.6) is 0 Å². The lowest BCUT2D eigenvalue weighted by atomic mass is 10.1. The summed E-state index contributed by atoms with van der Waals surface area (Å²) in [5.74, 6) is 0. The van der Waals surface area contributed by atoms with Gasteiger partial charge in [-0.15, -0.1) is 0 Å². The van der Waals surface area contributed by atoms with E-state index in [1.807, 2.05) is 0 Å². The number of hydrogen-bond acceptors (Lipinski definition) is 3. The van der Waals surface area contributed by atoms with Gasteiger partial charge in [-0.25, -0.2) is 0 Å². The molecule has 0 aliphatic carbocycles. The van der Waals surface area contributed by atoms with E-state index in [0.29, 0.717) is 5.02 Å². The Morgan fingerprint density at radius 1 is 1.21 bits per heavy atom. The molecule has 1 heterocycles. The van der Waals surface area contributed by atoms with Crippen LogP contribution in [-0.4, -0.2) is 31.1 Å². The number of aryl methyl sites for hydroxylation is 1. The average molecular weight is 347 g/mol. The summed E-state index contributed by atoms with van der Waals surface area (Å²) in [6.45, 7) is 7.01. The van der Waals surface area contributed by atoms with Crippen molar-refractivity contribution in [1.29, 1.82) is 0 Å². The van der Waals surface area contributed by atoms with E-state index in [2.05, 4.69) is 36.1 Å². The summed E-state index contributed by atoms with van der Waals surface area (Å²) in [5, 5.41) is 11.3. The summed E-state index contributed by atoms with van der Waals surface area (Å²) in [5.41, 5.74) is 3.58. The first kappa shape index (κ1) is 16.7. The van der Waals surface area contributed by atoms with Gasteiger partial charge in [-0.05, 0) is 13.0 Å². The number of halogens is 1. The van der Waals surface area contributed by atoms with Gasteiger partial charge in [0.2, 0.25) is 0 Å². The van der Waals surface area contributed by atoms with Crippen LogP contribution in [0.2, 0.25) is 5.02 Å². The molecule has 0 aromatic heterocycles. The molecule has 1 fully saturated rings. The second kappa shape index (κ2) is 7.20. The third-order valence-electron chi connectivity index (χ3n) is 4.49. The second-order valence-electron chi connectivity index (χ2n) is 6.30. The van der Waals surface area contributed by atoms with Crippen molar-refractivity contribution in [3.63, 3.8) is 0 Å². The Bertz CT molecular complexity index is 743. The molecule has 24 heavy (non-hydrogen) atoms. The van der Waals surface area contributed by atoms with Crippen molar-refractivity contribution >= 4 is 23.0 Å². The van der Waals surface area contributed by atoms with E-state index in [0.717, 1.165) is 38.4 Å². The first-order valence-electron chi connectivity index (χ1n) is 8.11. The summed E-state index contributed by atoms with van der Waals surface area (Å²) in [6.07, 6.45) is 0. The molecule has 0 radical (unpaired) electrons. The largest absolute Gasteiger partial charge is 0.359 e. The van der Waals surface area contributed by atoms with Gasteiger partial charge in [0.1, 0.15) is 6.54 Å². The molecule has 2 aromatic carbocycles. The molecule has 1 aliphatic rings. The molecule has 0 saturated carbocycles. The highest BCUT2D eigenvalue weighted by Gasteiger charge is 2.22. The van der Waals surface area contributed by atoms with Gasteiger partial charge >= 0.3 is 0 Å². The van der Waals surface area contributed by atoms with Crippen LogP contribution in [0.4, 0.5) is 11.4 Å². The molecule has 1 N–H and O–H groups in total. The van der Waals surface area contributed by atoms with E-state index in [4.69, 9.17) is 11.6 Å². The maximum absolute atomic E-state index is 10.8. The minimum atomic E-state index is -0.417. The number of hydrogen-bond donors (Lipinski definition) is 1. The Morgan fingerprint density at radius 2 is 1.96 bits per heavy atom. The summed E-state index contributed by atoms with van der Waals surface area (Å²) in [7, 11) is 0. The molecule has 5 nitrogen and oxygen atoms in total. The molecular formula is C18H21ClN3O2+. The van der Waals surface area contributed by atoms with Gasteiger partial charge in [-0.2, -0.15) is 0 Å². The average Bonchev–Trinajstić information content (AvgIpc) is 2.55. The predicted molar refractivity (Wildman–Crippen MR) is 95.9 cm³/mol. The lowest BCUT2D eigenvalue weighted by Crippen LogP contribution is -3.13. The Morgan fingerprint density at radius 3 is 2.58 bits per heavy atom. The molecule has 3 rings (SSSR count). The molecule has 6 heteroatoms. The van der Waals surface area contributed by atoms with Crippen LogP contribution in [0.15, 0.2) is 42.5 Å². The Balaban J connectivity index is 1.62. The number of nitro benzene ring substituents is 1. The van der Waals surface area contributed by atoms with Crippen molar-refractivity contribution in [3.05, 3.63) is 68.7 Å². The third-order valence-corrected chi connectivity index (χ3v) is 4.79. The van der Waals surface area contributed by atoms with Crippen molar-refractivity contribution in [2.45, 2.75) is 13.5 Å². The summed E-state index contributed by atoms with van der Waals surface area (Å²) in [6, 6.07) is 13.4. The fourth-order valence-corrected chi connectivity index (χ4v) is 3.51. The minimum absolute atomic E-state index is 0.0347. The Kier molecular flexibility index (Phi) is 5.02. The first-order chi connectivity index (χ1) is 11.5. The lowest BCUT2D eigenvalue weighted by molar-refractivity contribution is -0.914. The van der Waals surface area contributed by atoms with Crippen LogP contribution in [-0.2, 0) is 6.54 Å². The number of piperazine rings is 1. The number of quaternary nitrogens is 1. The number of nitrogens with one attached hydrogen (secondary N) is 1. The van der Waals surface area contributed by atoms with Crippen molar-refractivity contribution < 1.29 is 9.82 Å². The van der Waals surface area contributed by atoms with E-state index in [-0.39, 0.29) is 5.69 Å². The third kappa shape index (κ3) is 3.86. The zero-order valence-electron chi connectivity index (χ0n) is 13.7. The van der Waals surface area contributed by atoms with E-state index in [1.54, 1.807) is 11.0 Å². The van der Waals surface area contributed by atoms with Crippen LogP contribution >= 0.6 is 11.6 Å². The van der Waals surface area contributed by atoms with Crippen LogP contribution in [0, 0.1) is 17.0 Å². The summed E-state index contributed by atoms with van der Waals surface area (Å²) >= 11 is 6.24. The van der Waals surface area contributed by atoms with Crippen LogP contribution < -0.4 is 9.80 Å². The van der Waals surface area contributed by atoms with Crippen LogP contribution in [0.1, 0.15) is 11.1 Å². The van der Waals surface area contributed by atoms with Gasteiger partial charge in [-0.1, -0.05) is 41.4 Å². The van der Waals surface area contributed by atoms with Crippen LogP contribution in [0.3, 0.4) is 0 Å². The second-order valence-corrected chi connectivity index (χ2v) is 6.70. The number of anilines is 1. The highest BCUT2D eigenvalue weighted by atomic mass is 35.5. The topological polar surface area (TPSA) is 50.8 Å². The molecule has 0 bridgehead atoms. The van der Waals surface area contributed by atoms with Gasteiger partial charge in [0, 0.05) is 17.7 Å². The van der Waals surface area contributed by atoms with Gasteiger partial charge in [0.05, 0.1) is 41.8 Å². The smallest absolute Gasteiger partial charge is 0.271 e. The molecule has 0 amide bonds. The zero-order chi connectivity index (χ0) is 17.1. The summed E-state index contributed by atoms with van der Waals surface area (Å²) < 4.78 is 0. The van der Waals surface area contributed by atoms with Crippen molar-refractivity contribution in [2.75, 3.05) is 31.1 Å². The Labute approximate surface area is 146 Å². The van der Waals surface area contributed by atoms with Gasteiger partial charge in [-0.3, -0.25) is 10.1 Å². The molecular weight excluding hydrogens is 326 g/mol. The SMILES string of the molecule is Cc1cccc(C[NH+]2CCN(c3ccc([N+](=O)[O-])cc3Cl)CC2)c1. The maximum Gasteiger partial charge on any atom is 0.271 e. The van der Waals surface area contributed by atoms with E-state index in [9.17, 15) is 10.1 Å². The quantitative estimate of drug-likeness (QED) is 0.683. The first-order valence-corrected chi connectivity index (χ1v) is 8.49. The molecule has 0 atom stereocenters. The van der Waals surface area contributed by atoms with E-state index in [1.165, 1.54) is 23.3 Å². The lowest BCUT2D eigenvalue weighted by Gasteiger charge is -2.34. The normalized spacial score (nSPS) is 15.5. The number of benzene rings is 2. The fraction of sp³-hybridized carbons (Fsp3) is 0.333. The van der Waals surface area contributed by atoms with E-state index >= 15 is 0 Å². The van der Waals surface area contributed by atoms with Crippen molar-refractivity contribution in [2.24, 2.45) is 0 Å². The fourth-order valence-electron chi connectivity index (χ4n) is 3.22. The van der Waals surface area contributed by atoms with Crippen molar-refractivity contribution in [3.8, 4) is 0 Å². The minimum Gasteiger partial charge on any atom is -0.359 e. The highest BCUT2D eigenvalue weighted by Crippen LogP contribution is 2.29. The van der Waals surface area contributed by atoms with E-state index < -0.39 is 4.92 Å². The van der Waals surface area contributed by atoms with Gasteiger partial charge in [0.15, 0.2) is 0 Å². The van der Waals surface area contributed by atoms with Gasteiger partial charge < -0.3 is 9.80 Å².